The minimum Gasteiger partial charge on any atom is -0.316 e. The van der Waals surface area contributed by atoms with Crippen molar-refractivity contribution in [3.8, 4) is 0 Å². The molecule has 1 aliphatic heterocycles. The van der Waals surface area contributed by atoms with Crippen molar-refractivity contribution in [3.63, 3.8) is 0 Å². The third-order valence-electron chi connectivity index (χ3n) is 2.80. The van der Waals surface area contributed by atoms with Gasteiger partial charge in [-0.25, -0.2) is 0 Å². The van der Waals surface area contributed by atoms with Crippen LogP contribution in [0.5, 0.6) is 0 Å². The van der Waals surface area contributed by atoms with Gasteiger partial charge in [0.05, 0.1) is 11.2 Å². The normalized spacial score (nSPS) is 21.6. The van der Waals surface area contributed by atoms with Crippen LogP contribution in [0.25, 0.3) is 0 Å². The van der Waals surface area contributed by atoms with Gasteiger partial charge in [0.25, 0.3) is 0 Å². The molecule has 0 spiro atoms. The quantitative estimate of drug-likeness (QED) is 0.774. The molecular formula is C10H14ClN3O. The first-order chi connectivity index (χ1) is 7.20. The predicted molar refractivity (Wildman–Crippen MR) is 58.1 cm³/mol. The van der Waals surface area contributed by atoms with Gasteiger partial charge in [-0.1, -0.05) is 11.6 Å². The summed E-state index contributed by atoms with van der Waals surface area (Å²) in [7, 11) is 1.75. The fraction of sp³-hybridized carbons (Fsp3) is 0.600. The Morgan fingerprint density at radius 1 is 1.73 bits per heavy atom. The summed E-state index contributed by atoms with van der Waals surface area (Å²) in [6, 6.07) is 0. The van der Waals surface area contributed by atoms with Crippen molar-refractivity contribution in [1.82, 2.24) is 15.1 Å². The van der Waals surface area contributed by atoms with E-state index >= 15 is 0 Å². The number of aromatic nitrogens is 2. The summed E-state index contributed by atoms with van der Waals surface area (Å²) in [5, 5.41) is 7.65. The second-order valence-electron chi connectivity index (χ2n) is 3.87. The van der Waals surface area contributed by atoms with E-state index in [1.807, 2.05) is 0 Å². The average molecular weight is 228 g/mol. The highest BCUT2D eigenvalue weighted by Gasteiger charge is 2.26. The van der Waals surface area contributed by atoms with E-state index in [1.165, 1.54) is 6.20 Å². The third-order valence-corrected chi connectivity index (χ3v) is 3.07. The van der Waals surface area contributed by atoms with Crippen molar-refractivity contribution in [1.29, 1.82) is 0 Å². The van der Waals surface area contributed by atoms with Crippen molar-refractivity contribution in [2.24, 2.45) is 13.0 Å². The maximum absolute atomic E-state index is 12.1. The zero-order valence-electron chi connectivity index (χ0n) is 8.66. The number of carbonyl (C=O) groups excluding carboxylic acids is 1. The lowest BCUT2D eigenvalue weighted by Crippen LogP contribution is -2.35. The third kappa shape index (κ3) is 2.06. The first-order valence-corrected chi connectivity index (χ1v) is 5.50. The van der Waals surface area contributed by atoms with Gasteiger partial charge in [-0.15, -0.1) is 0 Å². The topological polar surface area (TPSA) is 46.9 Å². The summed E-state index contributed by atoms with van der Waals surface area (Å²) < 4.78 is 1.55. The number of piperidine rings is 1. The molecule has 0 bridgehead atoms. The van der Waals surface area contributed by atoms with Gasteiger partial charge in [-0.3, -0.25) is 9.48 Å². The van der Waals surface area contributed by atoms with Crippen molar-refractivity contribution >= 4 is 17.4 Å². The Balaban J connectivity index is 2.19. The molecule has 0 aliphatic carbocycles. The van der Waals surface area contributed by atoms with Crippen LogP contribution in [0.3, 0.4) is 0 Å². The molecule has 1 aliphatic rings. The number of hydrogen-bond donors (Lipinski definition) is 1. The molecule has 1 fully saturated rings. The molecule has 2 rings (SSSR count). The molecule has 1 N–H and O–H groups in total. The van der Waals surface area contributed by atoms with Crippen LogP contribution in [0.2, 0.25) is 5.02 Å². The molecule has 1 atom stereocenters. The molecular weight excluding hydrogens is 214 g/mol. The highest BCUT2D eigenvalue weighted by atomic mass is 35.5. The van der Waals surface area contributed by atoms with Gasteiger partial charge in [0, 0.05) is 19.5 Å². The molecule has 5 heteroatoms. The molecule has 2 heterocycles. The Morgan fingerprint density at radius 3 is 3.07 bits per heavy atom. The number of halogens is 1. The molecule has 15 heavy (non-hydrogen) atoms. The molecule has 0 amide bonds. The van der Waals surface area contributed by atoms with Gasteiger partial charge >= 0.3 is 0 Å². The van der Waals surface area contributed by atoms with E-state index < -0.39 is 0 Å². The number of Topliss-reactive ketones (excluding diaryl/α,β-unsaturated/α-hetero) is 1. The molecule has 4 nitrogen and oxygen atoms in total. The molecule has 1 aromatic heterocycles. The average Bonchev–Trinajstić information content (AvgIpc) is 2.59. The van der Waals surface area contributed by atoms with Gasteiger partial charge in [0.15, 0.2) is 5.78 Å². The molecule has 0 radical (unpaired) electrons. The highest BCUT2D eigenvalue weighted by Crippen LogP contribution is 2.21. The van der Waals surface area contributed by atoms with E-state index in [4.69, 9.17) is 11.6 Å². The van der Waals surface area contributed by atoms with Crippen molar-refractivity contribution in [2.45, 2.75) is 12.8 Å². The second kappa shape index (κ2) is 4.33. The number of hydrogen-bond acceptors (Lipinski definition) is 3. The van der Waals surface area contributed by atoms with E-state index in [0.29, 0.717) is 10.7 Å². The molecule has 0 aromatic carbocycles. The predicted octanol–water partition coefficient (Wildman–Crippen LogP) is 1.26. The standard InChI is InChI=1S/C10H14ClN3O/c1-14-9(8(11)6-13-14)10(15)7-3-2-4-12-5-7/h6-7,12H,2-5H2,1H3. The van der Waals surface area contributed by atoms with Gasteiger partial charge in [-0.05, 0) is 19.4 Å². The van der Waals surface area contributed by atoms with Crippen LogP contribution in [0.4, 0.5) is 0 Å². The van der Waals surface area contributed by atoms with Crippen LogP contribution in [-0.2, 0) is 7.05 Å². The number of ketones is 1. The molecule has 1 saturated heterocycles. The van der Waals surface area contributed by atoms with Gasteiger partial charge in [0.2, 0.25) is 0 Å². The van der Waals surface area contributed by atoms with Crippen LogP contribution < -0.4 is 5.32 Å². The van der Waals surface area contributed by atoms with Crippen LogP contribution in [-0.4, -0.2) is 28.7 Å². The fourth-order valence-corrected chi connectivity index (χ4v) is 2.22. The Bertz CT molecular complexity index is 349. The number of aryl methyl sites for hydroxylation is 1. The van der Waals surface area contributed by atoms with E-state index in [-0.39, 0.29) is 11.7 Å². The van der Waals surface area contributed by atoms with Crippen molar-refractivity contribution < 1.29 is 4.79 Å². The number of nitrogens with zero attached hydrogens (tertiary/aromatic N) is 2. The van der Waals surface area contributed by atoms with Gasteiger partial charge in [-0.2, -0.15) is 5.10 Å². The lowest BCUT2D eigenvalue weighted by Gasteiger charge is -2.21. The van der Waals surface area contributed by atoms with E-state index in [0.717, 1.165) is 25.9 Å². The number of rotatable bonds is 2. The second-order valence-corrected chi connectivity index (χ2v) is 4.28. The summed E-state index contributed by atoms with van der Waals surface area (Å²) >= 11 is 5.93. The zero-order chi connectivity index (χ0) is 10.8. The summed E-state index contributed by atoms with van der Waals surface area (Å²) in [6.07, 6.45) is 3.50. The SMILES string of the molecule is Cn1ncc(Cl)c1C(=O)C1CCCNC1. The summed E-state index contributed by atoms with van der Waals surface area (Å²) in [5.41, 5.74) is 0.533. The summed E-state index contributed by atoms with van der Waals surface area (Å²) in [5.74, 6) is 0.152. The minimum atomic E-state index is 0.0478. The number of nitrogens with one attached hydrogen (secondary N) is 1. The Kier molecular flexibility index (Phi) is 3.07. The first-order valence-electron chi connectivity index (χ1n) is 5.12. The summed E-state index contributed by atoms with van der Waals surface area (Å²) in [4.78, 5) is 12.1. The van der Waals surface area contributed by atoms with Crippen LogP contribution in [0.1, 0.15) is 23.3 Å². The van der Waals surface area contributed by atoms with Crippen molar-refractivity contribution in [3.05, 3.63) is 16.9 Å². The van der Waals surface area contributed by atoms with Crippen LogP contribution >= 0.6 is 11.6 Å². The lowest BCUT2D eigenvalue weighted by atomic mass is 9.93. The molecule has 82 valence electrons. The smallest absolute Gasteiger partial charge is 0.186 e. The van der Waals surface area contributed by atoms with E-state index in [2.05, 4.69) is 10.4 Å². The molecule has 1 unspecified atom stereocenters. The Labute approximate surface area is 93.6 Å². The minimum absolute atomic E-state index is 0.0478. The van der Waals surface area contributed by atoms with Crippen LogP contribution in [0, 0.1) is 5.92 Å². The Morgan fingerprint density at radius 2 is 2.53 bits per heavy atom. The monoisotopic (exact) mass is 227 g/mol. The maximum Gasteiger partial charge on any atom is 0.186 e. The molecule has 0 saturated carbocycles. The maximum atomic E-state index is 12.1. The number of carbonyl (C=O) groups is 1. The largest absolute Gasteiger partial charge is 0.316 e. The zero-order valence-corrected chi connectivity index (χ0v) is 9.42. The fourth-order valence-electron chi connectivity index (χ4n) is 1.96. The van der Waals surface area contributed by atoms with E-state index in [9.17, 15) is 4.79 Å². The summed E-state index contributed by atoms with van der Waals surface area (Å²) in [6.45, 7) is 1.75. The van der Waals surface area contributed by atoms with Crippen molar-refractivity contribution in [2.75, 3.05) is 13.1 Å². The highest BCUT2D eigenvalue weighted by molar-refractivity contribution is 6.33. The Hall–Kier alpha value is -0.870. The van der Waals surface area contributed by atoms with E-state index in [1.54, 1.807) is 11.7 Å². The van der Waals surface area contributed by atoms with Crippen LogP contribution in [0.15, 0.2) is 6.20 Å². The first kappa shape index (κ1) is 10.6. The lowest BCUT2D eigenvalue weighted by molar-refractivity contribution is 0.0890. The van der Waals surface area contributed by atoms with Gasteiger partial charge < -0.3 is 5.32 Å². The molecule has 1 aromatic rings. The van der Waals surface area contributed by atoms with Gasteiger partial charge in [0.1, 0.15) is 5.69 Å².